The van der Waals surface area contributed by atoms with E-state index < -0.39 is 25.6 Å². The molecule has 0 bridgehead atoms. The van der Waals surface area contributed by atoms with Crippen LogP contribution in [-0.2, 0) is 32.2 Å². The summed E-state index contributed by atoms with van der Waals surface area (Å²) in [6, 6.07) is 13.0. The number of hydrazone groups is 1. The second-order valence-corrected chi connectivity index (χ2v) is 13.5. The number of phenolic OH excluding ortho intramolecular Hbond substituents is 1. The maximum atomic E-state index is 12.8. The number of nitro groups is 1. The van der Waals surface area contributed by atoms with Crippen molar-refractivity contribution >= 4 is 27.9 Å². The number of methoxy groups -OCH3 is 1. The molecule has 3 aromatic carbocycles. The predicted octanol–water partition coefficient (Wildman–Crippen LogP) is 5.75. The van der Waals surface area contributed by atoms with Gasteiger partial charge in [-0.15, -0.1) is 0 Å². The van der Waals surface area contributed by atoms with Crippen molar-refractivity contribution in [3.05, 3.63) is 87.0 Å². The van der Waals surface area contributed by atoms with Crippen LogP contribution in [0.5, 0.6) is 17.2 Å². The molecule has 0 saturated carbocycles. The monoisotopic (exact) mass is 611 g/mol. The van der Waals surface area contributed by atoms with E-state index in [1.54, 1.807) is 0 Å². The number of nitro benzene ring substituents is 1. The normalized spacial score (nSPS) is 12.3. The van der Waals surface area contributed by atoms with Gasteiger partial charge in [0.05, 0.1) is 18.2 Å². The molecule has 0 heterocycles. The van der Waals surface area contributed by atoms with Crippen LogP contribution in [0.15, 0.2) is 64.6 Å². The molecule has 0 unspecified atom stereocenters. The van der Waals surface area contributed by atoms with Gasteiger partial charge in [-0.2, -0.15) is 13.5 Å². The van der Waals surface area contributed by atoms with Crippen molar-refractivity contribution in [3.8, 4) is 17.2 Å². The Kier molecular flexibility index (Phi) is 9.86. The average Bonchev–Trinajstić information content (AvgIpc) is 2.91. The third kappa shape index (κ3) is 8.31. The maximum absolute atomic E-state index is 12.8. The molecule has 12 heteroatoms. The molecule has 0 aliphatic heterocycles. The molecule has 0 fully saturated rings. The fraction of sp³-hybridized carbons (Fsp3) is 0.355. The molecule has 0 spiro atoms. The van der Waals surface area contributed by atoms with Gasteiger partial charge >= 0.3 is 10.1 Å². The van der Waals surface area contributed by atoms with Crippen LogP contribution in [-0.4, -0.2) is 37.7 Å². The third-order valence-electron chi connectivity index (χ3n) is 6.55. The first-order chi connectivity index (χ1) is 19.9. The minimum Gasteiger partial charge on any atom is -0.507 e. The smallest absolute Gasteiger partial charge is 0.346 e. The molecule has 43 heavy (non-hydrogen) atoms. The number of rotatable bonds is 10. The Balaban J connectivity index is 1.70. The quantitative estimate of drug-likeness (QED) is 0.127. The highest BCUT2D eigenvalue weighted by Crippen LogP contribution is 2.40. The average molecular weight is 612 g/mol. The number of phenols is 1. The van der Waals surface area contributed by atoms with Crippen molar-refractivity contribution in [2.24, 2.45) is 5.10 Å². The van der Waals surface area contributed by atoms with Gasteiger partial charge in [-0.1, -0.05) is 65.8 Å². The van der Waals surface area contributed by atoms with Crippen molar-refractivity contribution in [2.45, 2.75) is 70.1 Å². The maximum Gasteiger partial charge on any atom is 0.346 e. The Bertz CT molecular complexity index is 1620. The molecule has 0 saturated heterocycles. The summed E-state index contributed by atoms with van der Waals surface area (Å²) in [6.07, 6.45) is 1.97. The van der Waals surface area contributed by atoms with Gasteiger partial charge in [0.15, 0.2) is 16.4 Å². The molecule has 1 amide bonds. The number of para-hydroxylation sites is 1. The number of nitrogens with zero attached hydrogens (tertiary/aromatic N) is 2. The number of nitrogens with one attached hydrogen (secondary N) is 1. The summed E-state index contributed by atoms with van der Waals surface area (Å²) in [5.41, 5.74) is 4.35. The zero-order chi connectivity index (χ0) is 32.2. The summed E-state index contributed by atoms with van der Waals surface area (Å²) < 4.78 is 35.9. The largest absolute Gasteiger partial charge is 0.507 e. The van der Waals surface area contributed by atoms with Crippen LogP contribution >= 0.6 is 0 Å². The highest BCUT2D eigenvalue weighted by Gasteiger charge is 2.29. The van der Waals surface area contributed by atoms with E-state index in [4.69, 9.17) is 8.92 Å². The van der Waals surface area contributed by atoms with E-state index in [1.165, 1.54) is 43.7 Å². The van der Waals surface area contributed by atoms with Crippen LogP contribution in [0.1, 0.15) is 70.2 Å². The number of aryl methyl sites for hydroxylation is 1. The lowest BCUT2D eigenvalue weighted by atomic mass is 9.78. The first-order valence-corrected chi connectivity index (χ1v) is 14.9. The number of aromatic hydroxyl groups is 1. The SMILES string of the molecule is COc1cc(/C=N\NC(=O)CCc2cc(C(C)(C)C)c(O)c(C(C)(C)C)c2)ccc1OS(=O)(=O)c1ccccc1[N+](=O)[O-]. The van der Waals surface area contributed by atoms with Gasteiger partial charge in [0, 0.05) is 12.5 Å². The van der Waals surface area contributed by atoms with E-state index in [0.717, 1.165) is 28.8 Å². The first kappa shape index (κ1) is 33.1. The lowest BCUT2D eigenvalue weighted by Crippen LogP contribution is -2.20. The highest BCUT2D eigenvalue weighted by molar-refractivity contribution is 7.87. The Morgan fingerprint density at radius 3 is 2.16 bits per heavy atom. The van der Waals surface area contributed by atoms with Gasteiger partial charge in [0.1, 0.15) is 5.75 Å². The fourth-order valence-electron chi connectivity index (χ4n) is 4.29. The molecule has 0 aromatic heterocycles. The number of hydrogen-bond acceptors (Lipinski definition) is 9. The topological polar surface area (TPSA) is 157 Å². The van der Waals surface area contributed by atoms with Crippen LogP contribution in [0, 0.1) is 10.1 Å². The lowest BCUT2D eigenvalue weighted by molar-refractivity contribution is -0.387. The minimum atomic E-state index is -4.54. The molecular formula is C31H37N3O8S. The number of amides is 1. The molecule has 11 nitrogen and oxygen atoms in total. The number of carbonyl (C=O) groups excluding carboxylic acids is 1. The van der Waals surface area contributed by atoms with E-state index >= 15 is 0 Å². The minimum absolute atomic E-state index is 0.0362. The fourth-order valence-corrected chi connectivity index (χ4v) is 5.40. The van der Waals surface area contributed by atoms with Gasteiger partial charge in [-0.05, 0) is 63.8 Å². The van der Waals surface area contributed by atoms with E-state index in [2.05, 4.69) is 10.5 Å². The predicted molar refractivity (Wildman–Crippen MR) is 163 cm³/mol. The zero-order valence-corrected chi connectivity index (χ0v) is 26.1. The van der Waals surface area contributed by atoms with Gasteiger partial charge in [0.2, 0.25) is 5.91 Å². The molecule has 3 rings (SSSR count). The number of hydrogen-bond donors (Lipinski definition) is 2. The van der Waals surface area contributed by atoms with E-state index in [9.17, 15) is 28.4 Å². The lowest BCUT2D eigenvalue weighted by Gasteiger charge is -2.28. The molecule has 3 aromatic rings. The first-order valence-electron chi connectivity index (χ1n) is 13.5. The molecule has 0 aliphatic carbocycles. The highest BCUT2D eigenvalue weighted by atomic mass is 32.2. The van der Waals surface area contributed by atoms with Crippen LogP contribution in [0.2, 0.25) is 0 Å². The summed E-state index contributed by atoms with van der Waals surface area (Å²) in [6.45, 7) is 12.2. The van der Waals surface area contributed by atoms with E-state index in [1.807, 2.05) is 53.7 Å². The Morgan fingerprint density at radius 2 is 1.60 bits per heavy atom. The van der Waals surface area contributed by atoms with E-state index in [0.29, 0.717) is 12.0 Å². The van der Waals surface area contributed by atoms with Crippen LogP contribution < -0.4 is 14.3 Å². The second kappa shape index (κ2) is 12.8. The number of benzene rings is 3. The second-order valence-electron chi connectivity index (χ2n) is 12.0. The zero-order valence-electron chi connectivity index (χ0n) is 25.3. The molecule has 0 aliphatic rings. The Labute approximate surface area is 251 Å². The van der Waals surface area contributed by atoms with Gasteiger partial charge < -0.3 is 14.0 Å². The van der Waals surface area contributed by atoms with Gasteiger partial charge in [-0.3, -0.25) is 14.9 Å². The van der Waals surface area contributed by atoms with Crippen LogP contribution in [0.4, 0.5) is 5.69 Å². The van der Waals surface area contributed by atoms with Crippen molar-refractivity contribution in [2.75, 3.05) is 7.11 Å². The van der Waals surface area contributed by atoms with Crippen LogP contribution in [0.25, 0.3) is 0 Å². The summed E-state index contributed by atoms with van der Waals surface area (Å²) in [4.78, 5) is 22.4. The van der Waals surface area contributed by atoms with Crippen molar-refractivity contribution in [1.82, 2.24) is 5.43 Å². The Morgan fingerprint density at radius 1 is 1.00 bits per heavy atom. The summed E-state index contributed by atoms with van der Waals surface area (Å²) >= 11 is 0. The van der Waals surface area contributed by atoms with Crippen molar-refractivity contribution < 1.29 is 32.2 Å². The van der Waals surface area contributed by atoms with E-state index in [-0.39, 0.29) is 40.4 Å². The number of ether oxygens (including phenoxy) is 1. The molecule has 0 atom stereocenters. The third-order valence-corrected chi connectivity index (χ3v) is 7.83. The summed E-state index contributed by atoms with van der Waals surface area (Å²) in [5, 5.41) is 26.2. The number of carbonyl (C=O) groups is 1. The molecule has 2 N–H and O–H groups in total. The van der Waals surface area contributed by atoms with Crippen LogP contribution in [0.3, 0.4) is 0 Å². The summed E-state index contributed by atoms with van der Waals surface area (Å²) in [7, 11) is -3.24. The molecule has 0 radical (unpaired) electrons. The van der Waals surface area contributed by atoms with Gasteiger partial charge in [-0.25, -0.2) is 5.43 Å². The Hall–Kier alpha value is -4.45. The molecule has 230 valence electrons. The summed E-state index contributed by atoms with van der Waals surface area (Å²) in [5.74, 6) is -0.181. The standard InChI is InChI=1S/C31H37N3O8S/c1-30(2,3)22-16-20(17-23(29(22)36)31(4,5)6)13-15-28(35)33-32-19-21-12-14-25(26(18-21)41-7)42-43(39,40)27-11-9-8-10-24(27)34(37)38/h8-12,14,16-19,36H,13,15H2,1-7H3,(H,33,35)/b32-19-. The van der Waals surface area contributed by atoms with Crippen molar-refractivity contribution in [3.63, 3.8) is 0 Å². The van der Waals surface area contributed by atoms with Crippen molar-refractivity contribution in [1.29, 1.82) is 0 Å². The van der Waals surface area contributed by atoms with Gasteiger partial charge in [0.25, 0.3) is 5.69 Å². The molecular weight excluding hydrogens is 574 g/mol.